The molecule has 0 fully saturated rings. The highest BCUT2D eigenvalue weighted by Crippen LogP contribution is 2.15. The normalized spacial score (nSPS) is 10.4. The zero-order chi connectivity index (χ0) is 11.8. The second kappa shape index (κ2) is 7.35. The summed E-state index contributed by atoms with van der Waals surface area (Å²) >= 11 is 1.76. The molecule has 0 aliphatic heterocycles. The Balaban J connectivity index is 2.21. The Labute approximate surface area is 99.2 Å². The van der Waals surface area contributed by atoms with Crippen molar-refractivity contribution < 1.29 is 9.50 Å². The molecule has 5 heteroatoms. The van der Waals surface area contributed by atoms with Crippen molar-refractivity contribution in [3.05, 3.63) is 24.0 Å². The van der Waals surface area contributed by atoms with Crippen LogP contribution in [0.1, 0.15) is 6.42 Å². The van der Waals surface area contributed by atoms with Gasteiger partial charge in [0.1, 0.15) is 5.82 Å². The summed E-state index contributed by atoms with van der Waals surface area (Å²) in [6.45, 7) is 1.000. The van der Waals surface area contributed by atoms with E-state index in [4.69, 9.17) is 10.8 Å². The van der Waals surface area contributed by atoms with Crippen LogP contribution in [-0.2, 0) is 0 Å². The van der Waals surface area contributed by atoms with Crippen LogP contribution in [0.15, 0.2) is 18.2 Å². The molecule has 0 bridgehead atoms. The standard InChI is InChI=1S/C11H17FN2OS/c12-9-6-10(13)8-11(7-9)14-2-5-16-4-1-3-15/h6-8,14-15H,1-5,13H2. The fourth-order valence-corrected chi connectivity index (χ4v) is 2.03. The number of aliphatic hydroxyl groups is 1. The Hall–Kier alpha value is -0.940. The highest BCUT2D eigenvalue weighted by atomic mass is 32.2. The molecule has 0 saturated carbocycles. The maximum Gasteiger partial charge on any atom is 0.127 e. The number of aliphatic hydroxyl groups excluding tert-OH is 1. The Morgan fingerprint density at radius 1 is 1.31 bits per heavy atom. The average Bonchev–Trinajstić information content (AvgIpc) is 2.22. The van der Waals surface area contributed by atoms with Crippen LogP contribution in [0.25, 0.3) is 0 Å². The number of anilines is 2. The van der Waals surface area contributed by atoms with Gasteiger partial charge in [0.25, 0.3) is 0 Å². The summed E-state index contributed by atoms with van der Waals surface area (Å²) in [6.07, 6.45) is 0.817. The SMILES string of the molecule is Nc1cc(F)cc(NCCSCCCO)c1. The number of nitrogens with one attached hydrogen (secondary N) is 1. The molecule has 0 unspecified atom stereocenters. The average molecular weight is 244 g/mol. The first-order chi connectivity index (χ1) is 7.72. The fourth-order valence-electron chi connectivity index (χ4n) is 1.25. The number of hydrogen-bond donors (Lipinski definition) is 3. The van der Waals surface area contributed by atoms with Crippen molar-refractivity contribution in [3.8, 4) is 0 Å². The Kier molecular flexibility index (Phi) is 6.03. The lowest BCUT2D eigenvalue weighted by molar-refractivity contribution is 0.296. The first-order valence-electron chi connectivity index (χ1n) is 5.21. The summed E-state index contributed by atoms with van der Waals surface area (Å²) in [5.41, 5.74) is 6.65. The molecule has 16 heavy (non-hydrogen) atoms. The highest BCUT2D eigenvalue weighted by Gasteiger charge is 1.97. The summed E-state index contributed by atoms with van der Waals surface area (Å²) in [6, 6.07) is 4.43. The molecule has 0 aliphatic carbocycles. The molecule has 0 atom stereocenters. The second-order valence-corrected chi connectivity index (χ2v) is 4.61. The van der Waals surface area contributed by atoms with Gasteiger partial charge >= 0.3 is 0 Å². The van der Waals surface area contributed by atoms with E-state index in [1.165, 1.54) is 12.1 Å². The van der Waals surface area contributed by atoms with Crippen LogP contribution in [0.5, 0.6) is 0 Å². The Morgan fingerprint density at radius 2 is 2.12 bits per heavy atom. The van der Waals surface area contributed by atoms with Gasteiger partial charge in [-0.25, -0.2) is 4.39 Å². The summed E-state index contributed by atoms with van der Waals surface area (Å²) in [4.78, 5) is 0. The molecule has 90 valence electrons. The van der Waals surface area contributed by atoms with E-state index in [0.29, 0.717) is 11.4 Å². The minimum atomic E-state index is -0.324. The van der Waals surface area contributed by atoms with Crippen molar-refractivity contribution >= 4 is 23.1 Å². The summed E-state index contributed by atoms with van der Waals surface area (Å²) < 4.78 is 13.0. The van der Waals surface area contributed by atoms with Crippen molar-refractivity contribution in [1.29, 1.82) is 0 Å². The van der Waals surface area contributed by atoms with Crippen molar-refractivity contribution in [2.75, 3.05) is 35.7 Å². The van der Waals surface area contributed by atoms with E-state index < -0.39 is 0 Å². The third-order valence-corrected chi connectivity index (χ3v) is 3.01. The minimum absolute atomic E-state index is 0.237. The van der Waals surface area contributed by atoms with Gasteiger partial charge in [0.15, 0.2) is 0 Å². The molecule has 1 aromatic carbocycles. The minimum Gasteiger partial charge on any atom is -0.399 e. The van der Waals surface area contributed by atoms with Crippen LogP contribution in [0, 0.1) is 5.82 Å². The number of benzene rings is 1. The Morgan fingerprint density at radius 3 is 2.81 bits per heavy atom. The smallest absolute Gasteiger partial charge is 0.127 e. The molecule has 0 radical (unpaired) electrons. The summed E-state index contributed by atoms with van der Waals surface area (Å²) in [5.74, 6) is 1.55. The van der Waals surface area contributed by atoms with Gasteiger partial charge in [-0.15, -0.1) is 0 Å². The highest BCUT2D eigenvalue weighted by molar-refractivity contribution is 7.99. The van der Waals surface area contributed by atoms with Gasteiger partial charge in [-0.05, 0) is 30.4 Å². The van der Waals surface area contributed by atoms with Gasteiger partial charge in [-0.2, -0.15) is 11.8 Å². The van der Waals surface area contributed by atoms with Crippen LogP contribution < -0.4 is 11.1 Å². The lowest BCUT2D eigenvalue weighted by Crippen LogP contribution is -2.05. The van der Waals surface area contributed by atoms with Crippen LogP contribution in [0.4, 0.5) is 15.8 Å². The maximum atomic E-state index is 13.0. The Bertz CT molecular complexity index is 303. The molecule has 0 saturated heterocycles. The topological polar surface area (TPSA) is 58.3 Å². The fraction of sp³-hybridized carbons (Fsp3) is 0.455. The van der Waals surface area contributed by atoms with Crippen LogP contribution >= 0.6 is 11.8 Å². The van der Waals surface area contributed by atoms with Crippen molar-refractivity contribution in [3.63, 3.8) is 0 Å². The molecule has 0 amide bonds. The first-order valence-corrected chi connectivity index (χ1v) is 6.36. The predicted octanol–water partition coefficient (Wildman–Crippen LogP) is 1.94. The summed E-state index contributed by atoms with van der Waals surface area (Å²) in [7, 11) is 0. The van der Waals surface area contributed by atoms with E-state index in [-0.39, 0.29) is 12.4 Å². The van der Waals surface area contributed by atoms with Crippen LogP contribution in [0.2, 0.25) is 0 Å². The van der Waals surface area contributed by atoms with Crippen molar-refractivity contribution in [1.82, 2.24) is 0 Å². The zero-order valence-corrected chi connectivity index (χ0v) is 9.89. The van der Waals surface area contributed by atoms with Crippen molar-refractivity contribution in [2.45, 2.75) is 6.42 Å². The van der Waals surface area contributed by atoms with E-state index in [1.54, 1.807) is 17.8 Å². The number of rotatable bonds is 7. The lowest BCUT2D eigenvalue weighted by atomic mass is 10.2. The van der Waals surface area contributed by atoms with E-state index in [0.717, 1.165) is 24.5 Å². The largest absolute Gasteiger partial charge is 0.399 e. The van der Waals surface area contributed by atoms with Gasteiger partial charge < -0.3 is 16.2 Å². The molecule has 1 rings (SSSR count). The molecule has 0 aliphatic rings. The third kappa shape index (κ3) is 5.23. The van der Waals surface area contributed by atoms with Gasteiger partial charge in [0.05, 0.1) is 0 Å². The quantitative estimate of drug-likeness (QED) is 0.507. The predicted molar refractivity (Wildman–Crippen MR) is 68.3 cm³/mol. The number of nitrogen functional groups attached to an aromatic ring is 1. The molecule has 0 spiro atoms. The number of hydrogen-bond acceptors (Lipinski definition) is 4. The molecule has 4 N–H and O–H groups in total. The van der Waals surface area contributed by atoms with Gasteiger partial charge in [0, 0.05) is 30.3 Å². The maximum absolute atomic E-state index is 13.0. The number of halogens is 1. The lowest BCUT2D eigenvalue weighted by Gasteiger charge is -2.07. The van der Waals surface area contributed by atoms with Crippen molar-refractivity contribution in [2.24, 2.45) is 0 Å². The molecule has 3 nitrogen and oxygen atoms in total. The zero-order valence-electron chi connectivity index (χ0n) is 9.08. The summed E-state index contributed by atoms with van der Waals surface area (Å²) in [5, 5.41) is 11.7. The van der Waals surface area contributed by atoms with Gasteiger partial charge in [0.2, 0.25) is 0 Å². The number of nitrogens with two attached hydrogens (primary N) is 1. The molecular weight excluding hydrogens is 227 g/mol. The first kappa shape index (κ1) is 13.1. The van der Waals surface area contributed by atoms with Crippen LogP contribution in [-0.4, -0.2) is 29.8 Å². The van der Waals surface area contributed by atoms with E-state index in [2.05, 4.69) is 5.32 Å². The number of thioether (sulfide) groups is 1. The molecular formula is C11H17FN2OS. The third-order valence-electron chi connectivity index (χ3n) is 1.94. The van der Waals surface area contributed by atoms with Gasteiger partial charge in [-0.1, -0.05) is 0 Å². The van der Waals surface area contributed by atoms with Crippen LogP contribution in [0.3, 0.4) is 0 Å². The van der Waals surface area contributed by atoms with E-state index in [9.17, 15) is 4.39 Å². The monoisotopic (exact) mass is 244 g/mol. The van der Waals surface area contributed by atoms with E-state index >= 15 is 0 Å². The molecule has 0 heterocycles. The van der Waals surface area contributed by atoms with Gasteiger partial charge in [-0.3, -0.25) is 0 Å². The molecule has 0 aromatic heterocycles. The second-order valence-electron chi connectivity index (χ2n) is 3.39. The van der Waals surface area contributed by atoms with E-state index in [1.807, 2.05) is 0 Å². The molecule has 1 aromatic rings.